The van der Waals surface area contributed by atoms with Crippen LogP contribution >= 0.6 is 12.4 Å². The molecule has 1 unspecified atom stereocenters. The van der Waals surface area contributed by atoms with Gasteiger partial charge in [-0.25, -0.2) is 0 Å². The van der Waals surface area contributed by atoms with Crippen molar-refractivity contribution in [2.75, 3.05) is 31.6 Å². The van der Waals surface area contributed by atoms with Crippen LogP contribution in [0.25, 0.3) is 0 Å². The van der Waals surface area contributed by atoms with Gasteiger partial charge in [0.05, 0.1) is 11.3 Å². The molecule has 2 N–H and O–H groups in total. The molecule has 1 amide bonds. The number of amides is 1. The Balaban J connectivity index is 0.00000225. The average Bonchev–Trinajstić information content (AvgIpc) is 3.04. The second-order valence-electron chi connectivity index (χ2n) is 6.90. The lowest BCUT2D eigenvalue weighted by Crippen LogP contribution is -2.35. The fourth-order valence-electron chi connectivity index (χ4n) is 3.27. The van der Waals surface area contributed by atoms with E-state index in [2.05, 4.69) is 11.8 Å². The molecule has 0 aromatic heterocycles. The lowest BCUT2D eigenvalue weighted by Gasteiger charge is -2.26. The largest absolute Gasteiger partial charge is 0.344 e. The smallest absolute Gasteiger partial charge is 0.255 e. The summed E-state index contributed by atoms with van der Waals surface area (Å²) >= 11 is 0. The number of hydrogen-bond acceptors (Lipinski definition) is 3. The number of nitrogens with zero attached hydrogens (tertiary/aromatic N) is 2. The molecule has 2 aromatic carbocycles. The molecular weight excluding hydrogens is 334 g/mol. The van der Waals surface area contributed by atoms with Crippen LogP contribution in [0.2, 0.25) is 0 Å². The molecule has 1 atom stereocenters. The third-order valence-corrected chi connectivity index (χ3v) is 4.98. The number of rotatable bonds is 4. The summed E-state index contributed by atoms with van der Waals surface area (Å²) in [4.78, 5) is 17.1. The number of halogens is 1. The van der Waals surface area contributed by atoms with Gasteiger partial charge >= 0.3 is 0 Å². The van der Waals surface area contributed by atoms with Crippen LogP contribution in [0.5, 0.6) is 0 Å². The van der Waals surface area contributed by atoms with Gasteiger partial charge in [-0.1, -0.05) is 37.3 Å². The Kier molecular flexibility index (Phi) is 6.09. The summed E-state index contributed by atoms with van der Waals surface area (Å²) in [5.74, 6) is 0.0885. The molecule has 134 valence electrons. The van der Waals surface area contributed by atoms with E-state index in [4.69, 9.17) is 5.73 Å². The Morgan fingerprint density at radius 1 is 1.16 bits per heavy atom. The molecule has 0 saturated carbocycles. The topological polar surface area (TPSA) is 49.6 Å². The number of hydrogen-bond donors (Lipinski definition) is 1. The monoisotopic (exact) mass is 359 g/mol. The summed E-state index contributed by atoms with van der Waals surface area (Å²) in [6.07, 6.45) is 0.964. The molecule has 1 fully saturated rings. The van der Waals surface area contributed by atoms with Crippen LogP contribution in [0.15, 0.2) is 54.6 Å². The first-order chi connectivity index (χ1) is 11.5. The maximum atomic E-state index is 13.1. The quantitative estimate of drug-likeness (QED) is 0.905. The third-order valence-electron chi connectivity index (χ3n) is 4.98. The number of likely N-dealkylation sites (tertiary alicyclic amines) is 1. The highest BCUT2D eigenvalue weighted by Gasteiger charge is 2.35. The van der Waals surface area contributed by atoms with Crippen molar-refractivity contribution < 1.29 is 4.79 Å². The van der Waals surface area contributed by atoms with Gasteiger partial charge in [0.2, 0.25) is 0 Å². The molecular formula is C20H26ClN3O. The maximum absolute atomic E-state index is 13.1. The standard InChI is InChI=1S/C20H25N3O.ClH/c1-20(14-21)12-13-23(15-20)19(24)17-10-6-7-11-18(17)22(2)16-8-4-3-5-9-16;/h3-11H,12-15,21H2,1-2H3;1H. The summed E-state index contributed by atoms with van der Waals surface area (Å²) in [6, 6.07) is 17.9. The van der Waals surface area contributed by atoms with Crippen LogP contribution in [0, 0.1) is 5.41 Å². The van der Waals surface area contributed by atoms with Crippen molar-refractivity contribution in [3.8, 4) is 0 Å². The molecule has 4 nitrogen and oxygen atoms in total. The molecule has 0 bridgehead atoms. The zero-order chi connectivity index (χ0) is 17.2. The Bertz CT molecular complexity index is 722. The van der Waals surface area contributed by atoms with Gasteiger partial charge in [0, 0.05) is 25.8 Å². The van der Waals surface area contributed by atoms with E-state index in [1.165, 1.54) is 0 Å². The molecule has 0 radical (unpaired) electrons. The van der Waals surface area contributed by atoms with E-state index in [9.17, 15) is 4.79 Å². The molecule has 1 aliphatic heterocycles. The van der Waals surface area contributed by atoms with E-state index in [0.29, 0.717) is 6.54 Å². The summed E-state index contributed by atoms with van der Waals surface area (Å²) in [6.45, 7) is 4.27. The first kappa shape index (κ1) is 19.3. The Hall–Kier alpha value is -2.04. The normalized spacial score (nSPS) is 19.4. The highest BCUT2D eigenvalue weighted by Crippen LogP contribution is 2.32. The molecule has 1 aliphatic rings. The van der Waals surface area contributed by atoms with Crippen LogP contribution in [0.4, 0.5) is 11.4 Å². The van der Waals surface area contributed by atoms with Gasteiger partial charge < -0.3 is 15.5 Å². The van der Waals surface area contributed by atoms with Gasteiger partial charge in [0.15, 0.2) is 0 Å². The first-order valence-corrected chi connectivity index (χ1v) is 8.41. The molecule has 1 heterocycles. The van der Waals surface area contributed by atoms with E-state index in [0.717, 1.165) is 36.4 Å². The minimum Gasteiger partial charge on any atom is -0.344 e. The van der Waals surface area contributed by atoms with Crippen LogP contribution in [0.3, 0.4) is 0 Å². The van der Waals surface area contributed by atoms with Crippen LogP contribution in [-0.4, -0.2) is 37.5 Å². The summed E-state index contributed by atoms with van der Waals surface area (Å²) in [5.41, 5.74) is 8.64. The van der Waals surface area contributed by atoms with Gasteiger partial charge in [-0.3, -0.25) is 4.79 Å². The Morgan fingerprint density at radius 3 is 2.44 bits per heavy atom. The molecule has 3 rings (SSSR count). The average molecular weight is 360 g/mol. The zero-order valence-electron chi connectivity index (χ0n) is 14.8. The lowest BCUT2D eigenvalue weighted by molar-refractivity contribution is 0.0777. The maximum Gasteiger partial charge on any atom is 0.255 e. The highest BCUT2D eigenvalue weighted by atomic mass is 35.5. The van der Waals surface area contributed by atoms with Crippen molar-refractivity contribution in [2.45, 2.75) is 13.3 Å². The SMILES string of the molecule is CN(c1ccccc1)c1ccccc1C(=O)N1CCC(C)(CN)C1.Cl. The molecule has 0 aliphatic carbocycles. The predicted octanol–water partition coefficient (Wildman–Crippen LogP) is 3.69. The van der Waals surface area contributed by atoms with Crippen molar-refractivity contribution in [1.82, 2.24) is 4.90 Å². The fourth-order valence-corrected chi connectivity index (χ4v) is 3.27. The fraction of sp³-hybridized carbons (Fsp3) is 0.350. The van der Waals surface area contributed by atoms with Gasteiger partial charge in [-0.15, -0.1) is 12.4 Å². The summed E-state index contributed by atoms with van der Waals surface area (Å²) in [7, 11) is 2.00. The number of benzene rings is 2. The minimum absolute atomic E-state index is 0. The van der Waals surface area contributed by atoms with E-state index < -0.39 is 0 Å². The molecule has 25 heavy (non-hydrogen) atoms. The lowest BCUT2D eigenvalue weighted by atomic mass is 9.90. The van der Waals surface area contributed by atoms with Crippen LogP contribution in [-0.2, 0) is 0 Å². The summed E-state index contributed by atoms with van der Waals surface area (Å²) in [5, 5.41) is 0. The van der Waals surface area contributed by atoms with Gasteiger partial charge in [-0.2, -0.15) is 0 Å². The van der Waals surface area contributed by atoms with Crippen molar-refractivity contribution in [1.29, 1.82) is 0 Å². The zero-order valence-corrected chi connectivity index (χ0v) is 15.6. The van der Waals surface area contributed by atoms with E-state index in [1.54, 1.807) is 0 Å². The molecule has 0 spiro atoms. The van der Waals surface area contributed by atoms with Crippen molar-refractivity contribution in [3.63, 3.8) is 0 Å². The van der Waals surface area contributed by atoms with Gasteiger partial charge in [0.25, 0.3) is 5.91 Å². The van der Waals surface area contributed by atoms with Crippen LogP contribution < -0.4 is 10.6 Å². The Morgan fingerprint density at radius 2 is 1.80 bits per heavy atom. The number of nitrogens with two attached hydrogens (primary N) is 1. The number of carbonyl (C=O) groups excluding carboxylic acids is 1. The van der Waals surface area contributed by atoms with E-state index >= 15 is 0 Å². The molecule has 5 heteroatoms. The van der Waals surface area contributed by atoms with Crippen LogP contribution in [0.1, 0.15) is 23.7 Å². The Labute approximate surface area is 156 Å². The van der Waals surface area contributed by atoms with E-state index in [1.807, 2.05) is 66.5 Å². The van der Waals surface area contributed by atoms with E-state index in [-0.39, 0.29) is 23.7 Å². The number of para-hydroxylation sites is 2. The van der Waals surface area contributed by atoms with Crippen molar-refractivity contribution >= 4 is 29.7 Å². The molecule has 1 saturated heterocycles. The second kappa shape index (κ2) is 7.89. The minimum atomic E-state index is 0. The first-order valence-electron chi connectivity index (χ1n) is 8.41. The van der Waals surface area contributed by atoms with Gasteiger partial charge in [-0.05, 0) is 42.6 Å². The third kappa shape index (κ3) is 3.97. The second-order valence-corrected chi connectivity index (χ2v) is 6.90. The molecule has 2 aromatic rings. The summed E-state index contributed by atoms with van der Waals surface area (Å²) < 4.78 is 0. The van der Waals surface area contributed by atoms with Gasteiger partial charge in [0.1, 0.15) is 0 Å². The number of carbonyl (C=O) groups is 1. The van der Waals surface area contributed by atoms with Crippen molar-refractivity contribution in [3.05, 3.63) is 60.2 Å². The number of anilines is 2. The predicted molar refractivity (Wildman–Crippen MR) is 106 cm³/mol. The highest BCUT2D eigenvalue weighted by molar-refractivity contribution is 6.00. The van der Waals surface area contributed by atoms with Crippen molar-refractivity contribution in [2.24, 2.45) is 11.1 Å².